The van der Waals surface area contributed by atoms with Gasteiger partial charge in [-0.15, -0.1) is 0 Å². The van der Waals surface area contributed by atoms with Gasteiger partial charge in [0.25, 0.3) is 11.5 Å². The Kier molecular flexibility index (Phi) is 5.67. The number of nitrogens with one attached hydrogen (secondary N) is 1. The van der Waals surface area contributed by atoms with Gasteiger partial charge in [-0.3, -0.25) is 23.9 Å². The summed E-state index contributed by atoms with van der Waals surface area (Å²) in [5.41, 5.74) is -0.758. The normalized spacial score (nSPS) is 14.3. The molecule has 0 atom stereocenters. The fourth-order valence-corrected chi connectivity index (χ4v) is 3.36. The first-order chi connectivity index (χ1) is 12.8. The first kappa shape index (κ1) is 19.2. The van der Waals surface area contributed by atoms with Crippen molar-refractivity contribution >= 4 is 35.0 Å². The molecule has 10 heteroatoms. The van der Waals surface area contributed by atoms with Gasteiger partial charge in [0.1, 0.15) is 6.54 Å². The van der Waals surface area contributed by atoms with Crippen molar-refractivity contribution in [3.05, 3.63) is 66.9 Å². The van der Waals surface area contributed by atoms with E-state index in [0.717, 1.165) is 4.57 Å². The van der Waals surface area contributed by atoms with Crippen LogP contribution in [0, 0.1) is 0 Å². The SMILES string of the molecule is O=C(Cn1ccc(=O)[nH]c1=O)N1CCN(C(=O)c2cc(Cl)cc(Cl)c2)CC1. The molecule has 1 aliphatic rings. The second kappa shape index (κ2) is 7.98. The van der Waals surface area contributed by atoms with E-state index in [1.165, 1.54) is 12.3 Å². The Balaban J connectivity index is 1.61. The topological polar surface area (TPSA) is 95.5 Å². The fourth-order valence-electron chi connectivity index (χ4n) is 2.83. The molecule has 27 heavy (non-hydrogen) atoms. The largest absolute Gasteiger partial charge is 0.338 e. The van der Waals surface area contributed by atoms with Gasteiger partial charge in [-0.1, -0.05) is 23.2 Å². The minimum Gasteiger partial charge on any atom is -0.338 e. The van der Waals surface area contributed by atoms with E-state index in [1.807, 2.05) is 0 Å². The van der Waals surface area contributed by atoms with Crippen LogP contribution in [0.25, 0.3) is 0 Å². The molecule has 1 saturated heterocycles. The molecule has 1 aliphatic heterocycles. The first-order valence-corrected chi connectivity index (χ1v) is 8.92. The number of amides is 2. The summed E-state index contributed by atoms with van der Waals surface area (Å²) in [5, 5.41) is 0.761. The second-order valence-electron chi connectivity index (χ2n) is 6.07. The molecule has 0 saturated carbocycles. The smallest absolute Gasteiger partial charge is 0.328 e. The van der Waals surface area contributed by atoms with E-state index in [2.05, 4.69) is 4.98 Å². The van der Waals surface area contributed by atoms with Gasteiger partial charge in [0.05, 0.1) is 0 Å². The Morgan fingerprint density at radius 3 is 2.15 bits per heavy atom. The summed E-state index contributed by atoms with van der Waals surface area (Å²) in [5.74, 6) is -0.467. The number of carbonyl (C=O) groups excluding carboxylic acids is 2. The number of aromatic nitrogens is 2. The number of benzene rings is 1. The Morgan fingerprint density at radius 1 is 0.963 bits per heavy atom. The zero-order valence-electron chi connectivity index (χ0n) is 14.2. The number of hydrogen-bond acceptors (Lipinski definition) is 4. The number of halogens is 2. The lowest BCUT2D eigenvalue weighted by molar-refractivity contribution is -0.133. The molecule has 0 radical (unpaired) electrons. The predicted molar refractivity (Wildman–Crippen MR) is 100 cm³/mol. The van der Waals surface area contributed by atoms with E-state index >= 15 is 0 Å². The van der Waals surface area contributed by atoms with Crippen LogP contribution in [0.5, 0.6) is 0 Å². The highest BCUT2D eigenvalue weighted by atomic mass is 35.5. The molecule has 1 N–H and O–H groups in total. The molecule has 2 aromatic rings. The Labute approximate surface area is 163 Å². The van der Waals surface area contributed by atoms with Gasteiger partial charge in [-0.05, 0) is 18.2 Å². The van der Waals surface area contributed by atoms with Crippen LogP contribution in [0.1, 0.15) is 10.4 Å². The molecule has 0 aliphatic carbocycles. The molecule has 0 bridgehead atoms. The lowest BCUT2D eigenvalue weighted by Crippen LogP contribution is -2.51. The van der Waals surface area contributed by atoms with Gasteiger partial charge in [-0.2, -0.15) is 0 Å². The number of piperazine rings is 1. The summed E-state index contributed by atoms with van der Waals surface area (Å²) in [6.45, 7) is 1.23. The minimum absolute atomic E-state index is 0.173. The van der Waals surface area contributed by atoms with E-state index in [-0.39, 0.29) is 18.4 Å². The van der Waals surface area contributed by atoms with Crippen molar-refractivity contribution in [1.82, 2.24) is 19.4 Å². The quantitative estimate of drug-likeness (QED) is 0.810. The van der Waals surface area contributed by atoms with Gasteiger partial charge in [0, 0.05) is 54.1 Å². The van der Waals surface area contributed by atoms with Crippen LogP contribution >= 0.6 is 23.2 Å². The highest BCUT2D eigenvalue weighted by Crippen LogP contribution is 2.20. The van der Waals surface area contributed by atoms with Crippen LogP contribution in [-0.4, -0.2) is 57.3 Å². The van der Waals surface area contributed by atoms with Crippen molar-refractivity contribution < 1.29 is 9.59 Å². The van der Waals surface area contributed by atoms with E-state index in [1.54, 1.807) is 28.0 Å². The molecule has 1 aromatic carbocycles. The molecule has 1 fully saturated rings. The van der Waals surface area contributed by atoms with E-state index < -0.39 is 11.2 Å². The third-order valence-corrected chi connectivity index (χ3v) is 4.67. The highest BCUT2D eigenvalue weighted by Gasteiger charge is 2.25. The van der Waals surface area contributed by atoms with E-state index in [4.69, 9.17) is 23.2 Å². The van der Waals surface area contributed by atoms with Crippen molar-refractivity contribution in [3.8, 4) is 0 Å². The second-order valence-corrected chi connectivity index (χ2v) is 6.94. The monoisotopic (exact) mass is 410 g/mol. The third kappa shape index (κ3) is 4.58. The molecule has 1 aromatic heterocycles. The number of aromatic amines is 1. The molecule has 2 amide bonds. The van der Waals surface area contributed by atoms with Crippen molar-refractivity contribution in [2.45, 2.75) is 6.54 Å². The molecule has 2 heterocycles. The van der Waals surface area contributed by atoms with E-state index in [9.17, 15) is 19.2 Å². The maximum Gasteiger partial charge on any atom is 0.328 e. The molecule has 8 nitrogen and oxygen atoms in total. The maximum atomic E-state index is 12.6. The zero-order valence-corrected chi connectivity index (χ0v) is 15.7. The van der Waals surface area contributed by atoms with Crippen LogP contribution in [0.3, 0.4) is 0 Å². The minimum atomic E-state index is -0.637. The van der Waals surface area contributed by atoms with Gasteiger partial charge in [0.2, 0.25) is 5.91 Å². The maximum absolute atomic E-state index is 12.6. The highest BCUT2D eigenvalue weighted by molar-refractivity contribution is 6.35. The van der Waals surface area contributed by atoms with Gasteiger partial charge in [0.15, 0.2) is 0 Å². The van der Waals surface area contributed by atoms with Crippen molar-refractivity contribution in [2.75, 3.05) is 26.2 Å². The summed E-state index contributed by atoms with van der Waals surface area (Å²) in [6.07, 6.45) is 1.28. The summed E-state index contributed by atoms with van der Waals surface area (Å²) in [6, 6.07) is 5.84. The number of nitrogens with zero attached hydrogens (tertiary/aromatic N) is 3. The van der Waals surface area contributed by atoms with Crippen molar-refractivity contribution in [2.24, 2.45) is 0 Å². The third-order valence-electron chi connectivity index (χ3n) is 4.23. The van der Waals surface area contributed by atoms with Crippen LogP contribution in [0.4, 0.5) is 0 Å². The summed E-state index contributed by atoms with van der Waals surface area (Å²) < 4.78 is 1.13. The average Bonchev–Trinajstić information content (AvgIpc) is 2.62. The number of rotatable bonds is 3. The average molecular weight is 411 g/mol. The van der Waals surface area contributed by atoms with Crippen LogP contribution in [-0.2, 0) is 11.3 Å². The van der Waals surface area contributed by atoms with Crippen LogP contribution in [0.2, 0.25) is 10.0 Å². The van der Waals surface area contributed by atoms with Crippen LogP contribution < -0.4 is 11.2 Å². The fraction of sp³-hybridized carbons (Fsp3) is 0.294. The molecule has 0 spiro atoms. The molecular weight excluding hydrogens is 395 g/mol. The lowest BCUT2D eigenvalue weighted by atomic mass is 10.2. The Morgan fingerprint density at radius 2 is 1.56 bits per heavy atom. The van der Waals surface area contributed by atoms with Gasteiger partial charge in [-0.25, -0.2) is 4.79 Å². The van der Waals surface area contributed by atoms with Crippen LogP contribution in [0.15, 0.2) is 40.1 Å². The zero-order chi connectivity index (χ0) is 19.6. The van der Waals surface area contributed by atoms with Gasteiger partial charge >= 0.3 is 5.69 Å². The predicted octanol–water partition coefficient (Wildman–Crippen LogP) is 0.828. The van der Waals surface area contributed by atoms with Gasteiger partial charge < -0.3 is 9.80 Å². The Bertz CT molecular complexity index is 973. The standard InChI is InChI=1S/C17H16Cl2N4O4/c18-12-7-11(8-13(19)9-12)16(26)22-5-3-21(4-6-22)15(25)10-23-2-1-14(24)20-17(23)27/h1-2,7-9H,3-6,10H2,(H,20,24,27). The first-order valence-electron chi connectivity index (χ1n) is 8.16. The number of hydrogen-bond donors (Lipinski definition) is 1. The molecule has 142 valence electrons. The van der Waals surface area contributed by atoms with E-state index in [0.29, 0.717) is 41.8 Å². The number of H-pyrrole nitrogens is 1. The van der Waals surface area contributed by atoms with Crippen molar-refractivity contribution in [1.29, 1.82) is 0 Å². The Hall–Kier alpha value is -2.58. The molecule has 3 rings (SSSR count). The van der Waals surface area contributed by atoms with Crippen molar-refractivity contribution in [3.63, 3.8) is 0 Å². The summed E-state index contributed by atoms with van der Waals surface area (Å²) >= 11 is 11.9. The molecule has 0 unspecified atom stereocenters. The molecular formula is C17H16Cl2N4O4. The lowest BCUT2D eigenvalue weighted by Gasteiger charge is -2.35. The summed E-state index contributed by atoms with van der Waals surface area (Å²) in [4.78, 5) is 53.0. The number of carbonyl (C=O) groups is 2. The summed E-state index contributed by atoms with van der Waals surface area (Å²) in [7, 11) is 0.